The van der Waals surface area contributed by atoms with Gasteiger partial charge in [-0.1, -0.05) is 18.2 Å². The number of hydrogen-bond donors (Lipinski definition) is 1. The standard InChI is InChI=1S/C22H29NO9/c1-21(26-3)22(2,27-4)32-19(16(11-24)31-21)15-10-23(20(25)30-15)18-13-28-12-17(29-18)14-8-6-5-7-9-14/h5-6,8,12-13,15-16,19,24H,7,9-11H2,1-4H3/t15-,16-,19-,21+,22+/m0/s1. The molecular weight excluding hydrogens is 422 g/mol. The first kappa shape index (κ1) is 22.8. The summed E-state index contributed by atoms with van der Waals surface area (Å²) in [5.74, 6) is -1.84. The van der Waals surface area contributed by atoms with Gasteiger partial charge in [0.25, 0.3) is 0 Å². The zero-order chi connectivity index (χ0) is 22.9. The van der Waals surface area contributed by atoms with Crippen molar-refractivity contribution in [2.45, 2.75) is 56.6 Å². The van der Waals surface area contributed by atoms with Gasteiger partial charge in [0.1, 0.15) is 18.5 Å². The van der Waals surface area contributed by atoms with E-state index in [1.54, 1.807) is 13.8 Å². The van der Waals surface area contributed by atoms with Crippen LogP contribution in [0.5, 0.6) is 0 Å². The number of ether oxygens (including phenoxy) is 7. The van der Waals surface area contributed by atoms with Crippen LogP contribution in [0.2, 0.25) is 0 Å². The lowest BCUT2D eigenvalue weighted by atomic mass is 10.0. The van der Waals surface area contributed by atoms with Gasteiger partial charge in [0, 0.05) is 14.2 Å². The van der Waals surface area contributed by atoms with E-state index in [0.29, 0.717) is 5.76 Å². The van der Waals surface area contributed by atoms with Crippen LogP contribution >= 0.6 is 0 Å². The predicted octanol–water partition coefficient (Wildman–Crippen LogP) is 2.27. The number of methoxy groups -OCH3 is 2. The van der Waals surface area contributed by atoms with Gasteiger partial charge in [-0.3, -0.25) is 0 Å². The van der Waals surface area contributed by atoms with Gasteiger partial charge in [-0.25, -0.2) is 9.69 Å². The first-order valence-corrected chi connectivity index (χ1v) is 10.5. The zero-order valence-electron chi connectivity index (χ0n) is 18.6. The van der Waals surface area contributed by atoms with Crippen LogP contribution in [0.3, 0.4) is 0 Å². The molecule has 1 aliphatic carbocycles. The number of allylic oxidation sites excluding steroid dienone is 4. The van der Waals surface area contributed by atoms with Crippen molar-refractivity contribution in [1.82, 2.24) is 4.90 Å². The van der Waals surface area contributed by atoms with Gasteiger partial charge in [-0.15, -0.1) is 0 Å². The van der Waals surface area contributed by atoms with Crippen LogP contribution in [0, 0.1) is 0 Å². The highest BCUT2D eigenvalue weighted by molar-refractivity contribution is 5.72. The summed E-state index contributed by atoms with van der Waals surface area (Å²) in [4.78, 5) is 14.0. The highest BCUT2D eigenvalue weighted by Gasteiger charge is 2.59. The third-order valence-corrected chi connectivity index (χ3v) is 6.24. The van der Waals surface area contributed by atoms with Crippen molar-refractivity contribution >= 4 is 6.09 Å². The van der Waals surface area contributed by atoms with Crippen molar-refractivity contribution in [1.29, 1.82) is 0 Å². The minimum Gasteiger partial charge on any atom is -0.463 e. The molecule has 32 heavy (non-hydrogen) atoms. The lowest BCUT2D eigenvalue weighted by molar-refractivity contribution is -0.454. The molecule has 10 nitrogen and oxygen atoms in total. The molecule has 0 radical (unpaired) electrons. The number of amides is 1. The maximum absolute atomic E-state index is 12.7. The van der Waals surface area contributed by atoms with Crippen molar-refractivity contribution in [3.05, 3.63) is 48.0 Å². The maximum atomic E-state index is 12.7. The molecule has 3 heterocycles. The molecule has 0 aromatic rings. The summed E-state index contributed by atoms with van der Waals surface area (Å²) in [5.41, 5.74) is 0.973. The van der Waals surface area contributed by atoms with Crippen molar-refractivity contribution < 1.29 is 43.1 Å². The van der Waals surface area contributed by atoms with E-state index >= 15 is 0 Å². The van der Waals surface area contributed by atoms with Gasteiger partial charge < -0.3 is 38.3 Å². The molecule has 0 spiro atoms. The van der Waals surface area contributed by atoms with Crippen molar-refractivity contribution in [3.63, 3.8) is 0 Å². The number of carbonyl (C=O) groups excluding carboxylic acids is 1. The molecule has 1 N–H and O–H groups in total. The highest BCUT2D eigenvalue weighted by atomic mass is 16.8. The van der Waals surface area contributed by atoms with E-state index in [-0.39, 0.29) is 19.0 Å². The molecule has 4 rings (SSSR count). The average Bonchev–Trinajstić information content (AvgIpc) is 3.22. The quantitative estimate of drug-likeness (QED) is 0.651. The largest absolute Gasteiger partial charge is 0.463 e. The van der Waals surface area contributed by atoms with Gasteiger partial charge in [-0.2, -0.15) is 0 Å². The Hall–Kier alpha value is -2.37. The minimum atomic E-state index is -1.31. The van der Waals surface area contributed by atoms with E-state index in [2.05, 4.69) is 6.08 Å². The monoisotopic (exact) mass is 451 g/mol. The lowest BCUT2D eigenvalue weighted by Gasteiger charge is -2.52. The topological polar surface area (TPSA) is 105 Å². The molecule has 0 aromatic heterocycles. The Balaban J connectivity index is 1.49. The number of carbonyl (C=O) groups is 1. The summed E-state index contributed by atoms with van der Waals surface area (Å²) in [6.07, 6.45) is 7.53. The predicted molar refractivity (Wildman–Crippen MR) is 109 cm³/mol. The maximum Gasteiger partial charge on any atom is 0.417 e. The number of rotatable bonds is 6. The molecule has 10 heteroatoms. The second-order valence-electron chi connectivity index (χ2n) is 8.09. The first-order chi connectivity index (χ1) is 15.3. The van der Waals surface area contributed by atoms with Crippen molar-refractivity contribution in [2.24, 2.45) is 0 Å². The van der Waals surface area contributed by atoms with Gasteiger partial charge in [0.05, 0.1) is 13.2 Å². The van der Waals surface area contributed by atoms with Crippen LogP contribution < -0.4 is 0 Å². The Morgan fingerprint density at radius 1 is 1.19 bits per heavy atom. The van der Waals surface area contributed by atoms with E-state index < -0.39 is 36.0 Å². The van der Waals surface area contributed by atoms with Gasteiger partial charge in [0.2, 0.25) is 17.5 Å². The molecule has 4 aliphatic rings. The van der Waals surface area contributed by atoms with Gasteiger partial charge in [0.15, 0.2) is 18.1 Å². The summed E-state index contributed by atoms with van der Waals surface area (Å²) in [6, 6.07) is 0. The van der Waals surface area contributed by atoms with Crippen molar-refractivity contribution in [2.75, 3.05) is 27.4 Å². The van der Waals surface area contributed by atoms with Crippen LogP contribution in [0.1, 0.15) is 26.7 Å². The van der Waals surface area contributed by atoms with Crippen LogP contribution in [0.25, 0.3) is 0 Å². The van der Waals surface area contributed by atoms with Gasteiger partial charge >= 0.3 is 6.09 Å². The van der Waals surface area contributed by atoms with Crippen LogP contribution in [-0.4, -0.2) is 73.4 Å². The van der Waals surface area contributed by atoms with E-state index in [9.17, 15) is 9.90 Å². The Kier molecular flexibility index (Phi) is 6.33. The Morgan fingerprint density at radius 2 is 1.94 bits per heavy atom. The molecule has 5 atom stereocenters. The fraction of sp³-hybridized carbons (Fsp3) is 0.591. The summed E-state index contributed by atoms with van der Waals surface area (Å²) >= 11 is 0. The molecule has 0 aromatic carbocycles. The second-order valence-corrected chi connectivity index (χ2v) is 8.09. The average molecular weight is 451 g/mol. The number of cyclic esters (lactones) is 1. The number of aliphatic hydroxyl groups is 1. The van der Waals surface area contributed by atoms with E-state index in [1.807, 2.05) is 12.2 Å². The summed E-state index contributed by atoms with van der Waals surface area (Å²) in [6.45, 7) is 3.06. The van der Waals surface area contributed by atoms with E-state index in [0.717, 1.165) is 18.4 Å². The normalized spacial score (nSPS) is 37.2. The summed E-state index contributed by atoms with van der Waals surface area (Å²) < 4.78 is 40.1. The van der Waals surface area contributed by atoms with E-state index in [4.69, 9.17) is 33.2 Å². The Labute approximate surface area is 186 Å². The molecule has 1 amide bonds. The fourth-order valence-electron chi connectivity index (χ4n) is 4.05. The molecule has 0 bridgehead atoms. The van der Waals surface area contributed by atoms with E-state index in [1.165, 1.54) is 31.6 Å². The van der Waals surface area contributed by atoms with Gasteiger partial charge in [-0.05, 0) is 32.3 Å². The fourth-order valence-corrected chi connectivity index (χ4v) is 4.05. The summed E-state index contributed by atoms with van der Waals surface area (Å²) in [7, 11) is 2.92. The lowest BCUT2D eigenvalue weighted by Crippen LogP contribution is -2.68. The van der Waals surface area contributed by atoms with Crippen molar-refractivity contribution in [3.8, 4) is 0 Å². The molecule has 0 saturated carbocycles. The number of aliphatic hydroxyl groups excluding tert-OH is 1. The Morgan fingerprint density at radius 3 is 2.59 bits per heavy atom. The SMILES string of the molecule is CO[C@]1(C)O[C@@H]([C@@H]2CN(C3=COC=C(C4=CC=CCC4)O3)C(=O)O2)[C@H](CO)O[C@@]1(C)OC. The minimum absolute atomic E-state index is 0.105. The molecular formula is C22H29NO9. The third kappa shape index (κ3) is 3.93. The molecule has 176 valence electrons. The van der Waals surface area contributed by atoms with Crippen LogP contribution in [-0.2, 0) is 33.2 Å². The molecule has 0 unspecified atom stereocenters. The zero-order valence-corrected chi connectivity index (χ0v) is 18.6. The Bertz CT molecular complexity index is 865. The van der Waals surface area contributed by atoms with Crippen LogP contribution in [0.4, 0.5) is 4.79 Å². The number of nitrogens with zero attached hydrogens (tertiary/aromatic N) is 1. The molecule has 2 fully saturated rings. The molecule has 2 saturated heterocycles. The second kappa shape index (κ2) is 8.87. The molecule has 3 aliphatic heterocycles. The smallest absolute Gasteiger partial charge is 0.417 e. The number of hydrogen-bond acceptors (Lipinski definition) is 9. The first-order valence-electron chi connectivity index (χ1n) is 10.5. The van der Waals surface area contributed by atoms with Crippen LogP contribution in [0.15, 0.2) is 48.0 Å². The summed E-state index contributed by atoms with van der Waals surface area (Å²) in [5, 5.41) is 9.92. The highest BCUT2D eigenvalue weighted by Crippen LogP contribution is 2.41. The third-order valence-electron chi connectivity index (χ3n) is 6.24.